The molecule has 2 rings (SSSR count). The molecule has 2 aromatic carbocycles. The van der Waals surface area contributed by atoms with Crippen molar-refractivity contribution in [3.8, 4) is 11.5 Å². The number of sulfone groups is 1. The second-order valence-electron chi connectivity index (χ2n) is 5.30. The summed E-state index contributed by atoms with van der Waals surface area (Å²) in [5, 5.41) is 2.67. The molecule has 25 heavy (non-hydrogen) atoms. The van der Waals surface area contributed by atoms with Gasteiger partial charge < -0.3 is 14.8 Å². The first-order chi connectivity index (χ1) is 11.9. The van der Waals surface area contributed by atoms with Crippen molar-refractivity contribution in [2.75, 3.05) is 25.3 Å². The van der Waals surface area contributed by atoms with E-state index >= 15 is 0 Å². The molecule has 0 unspecified atom stereocenters. The van der Waals surface area contributed by atoms with Crippen LogP contribution in [0.2, 0.25) is 0 Å². The fourth-order valence-corrected chi connectivity index (χ4v) is 3.41. The zero-order chi connectivity index (χ0) is 18.4. The van der Waals surface area contributed by atoms with Gasteiger partial charge in [0.25, 0.3) is 0 Å². The Morgan fingerprint density at radius 1 is 1.08 bits per heavy atom. The number of anilines is 1. The van der Waals surface area contributed by atoms with E-state index in [1.54, 1.807) is 50.4 Å². The Kier molecular flexibility index (Phi) is 6.03. The number of carbonyl (C=O) groups is 1. The Balaban J connectivity index is 2.22. The molecule has 0 aliphatic rings. The van der Waals surface area contributed by atoms with Crippen LogP contribution in [0.15, 0.2) is 47.4 Å². The summed E-state index contributed by atoms with van der Waals surface area (Å²) in [4.78, 5) is 12.5. The van der Waals surface area contributed by atoms with E-state index in [4.69, 9.17) is 9.47 Å². The molecule has 6 nitrogen and oxygen atoms in total. The Morgan fingerprint density at radius 3 is 2.44 bits per heavy atom. The summed E-state index contributed by atoms with van der Waals surface area (Å²) in [5.74, 6) is 0.790. The number of amides is 1. The van der Waals surface area contributed by atoms with Crippen molar-refractivity contribution in [1.29, 1.82) is 0 Å². The van der Waals surface area contributed by atoms with Gasteiger partial charge in [0, 0.05) is 11.6 Å². The highest BCUT2D eigenvalue weighted by atomic mass is 32.2. The van der Waals surface area contributed by atoms with Gasteiger partial charge in [-0.1, -0.05) is 25.1 Å². The minimum absolute atomic E-state index is 0.0355. The number of methoxy groups -OCH3 is 2. The van der Waals surface area contributed by atoms with Gasteiger partial charge in [-0.3, -0.25) is 4.79 Å². The van der Waals surface area contributed by atoms with Crippen LogP contribution >= 0.6 is 0 Å². The molecule has 0 aromatic heterocycles. The van der Waals surface area contributed by atoms with Crippen LogP contribution in [-0.4, -0.2) is 34.3 Å². The lowest BCUT2D eigenvalue weighted by Crippen LogP contribution is -2.17. The molecule has 0 radical (unpaired) electrons. The summed E-state index contributed by atoms with van der Waals surface area (Å²) >= 11 is 0. The van der Waals surface area contributed by atoms with Crippen LogP contribution in [0.4, 0.5) is 5.69 Å². The number of hydrogen-bond acceptors (Lipinski definition) is 5. The van der Waals surface area contributed by atoms with Crippen molar-refractivity contribution in [3.63, 3.8) is 0 Å². The van der Waals surface area contributed by atoms with E-state index in [0.29, 0.717) is 17.1 Å². The number of carbonyl (C=O) groups excluding carboxylic acids is 1. The highest BCUT2D eigenvalue weighted by Crippen LogP contribution is 2.26. The third-order valence-electron chi connectivity index (χ3n) is 3.72. The van der Waals surface area contributed by atoms with Crippen molar-refractivity contribution in [1.82, 2.24) is 0 Å². The monoisotopic (exact) mass is 363 g/mol. The SMILES string of the molecule is CCS(=O)(=O)c1ccccc1NC(=O)Cc1ccc(OC)cc1OC. The summed E-state index contributed by atoms with van der Waals surface area (Å²) < 4.78 is 34.7. The van der Waals surface area contributed by atoms with Gasteiger partial charge in [-0.15, -0.1) is 0 Å². The maximum Gasteiger partial charge on any atom is 0.228 e. The number of ether oxygens (including phenoxy) is 2. The summed E-state index contributed by atoms with van der Waals surface area (Å²) in [6, 6.07) is 11.5. The van der Waals surface area contributed by atoms with Crippen LogP contribution in [-0.2, 0) is 21.1 Å². The molecule has 0 saturated carbocycles. The minimum atomic E-state index is -3.43. The van der Waals surface area contributed by atoms with Crippen LogP contribution in [0, 0.1) is 0 Å². The highest BCUT2D eigenvalue weighted by molar-refractivity contribution is 7.91. The van der Waals surface area contributed by atoms with Crippen LogP contribution in [0.1, 0.15) is 12.5 Å². The topological polar surface area (TPSA) is 81.7 Å². The smallest absolute Gasteiger partial charge is 0.228 e. The van der Waals surface area contributed by atoms with Crippen molar-refractivity contribution in [2.24, 2.45) is 0 Å². The van der Waals surface area contributed by atoms with Crippen molar-refractivity contribution < 1.29 is 22.7 Å². The lowest BCUT2D eigenvalue weighted by atomic mass is 10.1. The van der Waals surface area contributed by atoms with Gasteiger partial charge in [0.1, 0.15) is 11.5 Å². The molecule has 7 heteroatoms. The third-order valence-corrected chi connectivity index (χ3v) is 5.51. The van der Waals surface area contributed by atoms with Crippen molar-refractivity contribution >= 4 is 21.4 Å². The molecular weight excluding hydrogens is 342 g/mol. The minimum Gasteiger partial charge on any atom is -0.497 e. The fourth-order valence-electron chi connectivity index (χ4n) is 2.36. The predicted octanol–water partition coefficient (Wildman–Crippen LogP) is 2.68. The molecule has 0 atom stereocenters. The molecule has 0 spiro atoms. The lowest BCUT2D eigenvalue weighted by molar-refractivity contribution is -0.115. The molecule has 0 aliphatic heterocycles. The van der Waals surface area contributed by atoms with Crippen molar-refractivity contribution in [3.05, 3.63) is 48.0 Å². The first-order valence-corrected chi connectivity index (χ1v) is 9.39. The number of rotatable bonds is 7. The number of benzene rings is 2. The molecule has 2 aromatic rings. The zero-order valence-corrected chi connectivity index (χ0v) is 15.2. The quantitative estimate of drug-likeness (QED) is 0.818. The largest absolute Gasteiger partial charge is 0.497 e. The summed E-state index contributed by atoms with van der Waals surface area (Å²) in [6.07, 6.45) is 0.0493. The molecule has 1 N–H and O–H groups in total. The molecular formula is C18H21NO5S. The van der Waals surface area contributed by atoms with Gasteiger partial charge in [-0.25, -0.2) is 8.42 Å². The second kappa shape index (κ2) is 8.02. The van der Waals surface area contributed by atoms with Crippen LogP contribution in [0.5, 0.6) is 11.5 Å². The second-order valence-corrected chi connectivity index (χ2v) is 7.55. The van der Waals surface area contributed by atoms with E-state index < -0.39 is 9.84 Å². The van der Waals surface area contributed by atoms with Gasteiger partial charge in [0.2, 0.25) is 5.91 Å². The summed E-state index contributed by atoms with van der Waals surface area (Å²) in [6.45, 7) is 1.57. The average Bonchev–Trinajstić information content (AvgIpc) is 2.62. The molecule has 0 bridgehead atoms. The van der Waals surface area contributed by atoms with Crippen molar-refractivity contribution in [2.45, 2.75) is 18.2 Å². The normalized spacial score (nSPS) is 11.0. The maximum atomic E-state index is 12.4. The van der Waals surface area contributed by atoms with E-state index in [1.165, 1.54) is 13.2 Å². The van der Waals surface area contributed by atoms with Gasteiger partial charge in [-0.05, 0) is 18.2 Å². The lowest BCUT2D eigenvalue weighted by Gasteiger charge is -2.13. The maximum absolute atomic E-state index is 12.4. The zero-order valence-electron chi connectivity index (χ0n) is 14.4. The Labute approximate surface area is 147 Å². The molecule has 0 heterocycles. The molecule has 0 saturated heterocycles. The van der Waals surface area contributed by atoms with Gasteiger partial charge in [0.15, 0.2) is 9.84 Å². The first-order valence-electron chi connectivity index (χ1n) is 7.73. The highest BCUT2D eigenvalue weighted by Gasteiger charge is 2.18. The molecule has 0 fully saturated rings. The number of hydrogen-bond donors (Lipinski definition) is 1. The summed E-state index contributed by atoms with van der Waals surface area (Å²) in [5.41, 5.74) is 0.957. The van der Waals surface area contributed by atoms with Crippen LogP contribution in [0.25, 0.3) is 0 Å². The van der Waals surface area contributed by atoms with E-state index in [2.05, 4.69) is 5.32 Å². The predicted molar refractivity (Wildman–Crippen MR) is 96.0 cm³/mol. The van der Waals surface area contributed by atoms with Crippen LogP contribution in [0.3, 0.4) is 0 Å². The van der Waals surface area contributed by atoms with Gasteiger partial charge in [-0.2, -0.15) is 0 Å². The Morgan fingerprint density at radius 2 is 1.80 bits per heavy atom. The van der Waals surface area contributed by atoms with E-state index in [1.807, 2.05) is 0 Å². The number of nitrogens with one attached hydrogen (secondary N) is 1. The Hall–Kier alpha value is -2.54. The van der Waals surface area contributed by atoms with Gasteiger partial charge in [0.05, 0.1) is 37.0 Å². The molecule has 134 valence electrons. The Bertz CT molecular complexity index is 862. The standard InChI is InChI=1S/C18H21NO5S/c1-4-25(21,22)17-8-6-5-7-15(17)19-18(20)11-13-9-10-14(23-2)12-16(13)24-3/h5-10,12H,4,11H2,1-3H3,(H,19,20). The molecule has 1 amide bonds. The average molecular weight is 363 g/mol. The van der Waals surface area contributed by atoms with E-state index in [9.17, 15) is 13.2 Å². The van der Waals surface area contributed by atoms with Crippen LogP contribution < -0.4 is 14.8 Å². The number of para-hydroxylation sites is 1. The third kappa shape index (κ3) is 4.51. The summed E-state index contributed by atoms with van der Waals surface area (Å²) in [7, 11) is -0.364. The fraction of sp³-hybridized carbons (Fsp3) is 0.278. The van der Waals surface area contributed by atoms with Gasteiger partial charge >= 0.3 is 0 Å². The first kappa shape index (κ1) is 18.8. The van der Waals surface area contributed by atoms with E-state index in [0.717, 1.165) is 0 Å². The van der Waals surface area contributed by atoms with E-state index in [-0.39, 0.29) is 28.7 Å². The molecule has 0 aliphatic carbocycles.